The van der Waals surface area contributed by atoms with Gasteiger partial charge in [0.15, 0.2) is 0 Å². The molecule has 1 atom stereocenters. The van der Waals surface area contributed by atoms with E-state index < -0.39 is 22.0 Å². The molecule has 4 aromatic rings. The third-order valence-corrected chi connectivity index (χ3v) is 7.87. The summed E-state index contributed by atoms with van der Waals surface area (Å²) in [5.74, 6) is 0.159. The van der Waals surface area contributed by atoms with Crippen LogP contribution in [0.5, 0.6) is 0 Å². The molecular formula is C22H20N2O4S2. The minimum absolute atomic E-state index is 0.203. The number of amides is 1. The van der Waals surface area contributed by atoms with Crippen molar-refractivity contribution in [3.63, 3.8) is 0 Å². The number of hydrogen-bond donors (Lipinski definition) is 1. The summed E-state index contributed by atoms with van der Waals surface area (Å²) in [4.78, 5) is 12.8. The first kappa shape index (κ1) is 20.3. The van der Waals surface area contributed by atoms with Crippen LogP contribution in [0.2, 0.25) is 0 Å². The molecule has 1 N–H and O–H groups in total. The molecule has 30 heavy (non-hydrogen) atoms. The number of benzene rings is 2. The van der Waals surface area contributed by atoms with E-state index in [0.717, 1.165) is 32.2 Å². The summed E-state index contributed by atoms with van der Waals surface area (Å²) >= 11 is 1.12. The second kappa shape index (κ2) is 8.43. The number of nitrogens with one attached hydrogen (secondary N) is 1. The van der Waals surface area contributed by atoms with E-state index in [1.54, 1.807) is 11.4 Å². The summed E-state index contributed by atoms with van der Waals surface area (Å²) in [7, 11) is -2.31. The van der Waals surface area contributed by atoms with E-state index in [9.17, 15) is 13.2 Å². The molecule has 2 heterocycles. The van der Waals surface area contributed by atoms with Gasteiger partial charge in [0.25, 0.3) is 10.0 Å². The summed E-state index contributed by atoms with van der Waals surface area (Å²) in [5.41, 5.74) is 1.56. The van der Waals surface area contributed by atoms with Crippen LogP contribution in [0.25, 0.3) is 11.0 Å². The first-order chi connectivity index (χ1) is 14.4. The minimum atomic E-state index is -3.71. The fraction of sp³-hybridized carbons (Fsp3) is 0.136. The second-order valence-corrected chi connectivity index (χ2v) is 10.0. The summed E-state index contributed by atoms with van der Waals surface area (Å²) in [6, 6.07) is 21.6. The van der Waals surface area contributed by atoms with E-state index in [4.69, 9.17) is 4.42 Å². The average Bonchev–Trinajstić information content (AvgIpc) is 3.42. The van der Waals surface area contributed by atoms with Crippen LogP contribution >= 0.6 is 11.3 Å². The van der Waals surface area contributed by atoms with Crippen molar-refractivity contribution in [3.05, 3.63) is 89.5 Å². The van der Waals surface area contributed by atoms with E-state index >= 15 is 0 Å². The fourth-order valence-electron chi connectivity index (χ4n) is 3.17. The number of furan rings is 1. The van der Waals surface area contributed by atoms with Gasteiger partial charge < -0.3 is 9.73 Å². The molecule has 4 rings (SSSR count). The van der Waals surface area contributed by atoms with Crippen molar-refractivity contribution in [1.82, 2.24) is 9.62 Å². The Balaban J connectivity index is 1.58. The van der Waals surface area contributed by atoms with Crippen molar-refractivity contribution in [2.45, 2.75) is 10.3 Å². The molecule has 0 radical (unpaired) electrons. The average molecular weight is 441 g/mol. The highest BCUT2D eigenvalue weighted by Crippen LogP contribution is 2.28. The van der Waals surface area contributed by atoms with Crippen LogP contribution in [-0.4, -0.2) is 32.2 Å². The lowest BCUT2D eigenvalue weighted by Crippen LogP contribution is -2.39. The topological polar surface area (TPSA) is 79.6 Å². The normalized spacial score (nSPS) is 12.9. The molecule has 0 saturated heterocycles. The van der Waals surface area contributed by atoms with Crippen LogP contribution in [0.4, 0.5) is 0 Å². The van der Waals surface area contributed by atoms with Crippen molar-refractivity contribution in [2.75, 3.05) is 13.6 Å². The molecule has 2 aromatic carbocycles. The van der Waals surface area contributed by atoms with Crippen LogP contribution in [0.15, 0.2) is 86.8 Å². The Morgan fingerprint density at radius 2 is 1.80 bits per heavy atom. The molecule has 0 aliphatic heterocycles. The summed E-state index contributed by atoms with van der Waals surface area (Å²) < 4.78 is 32.4. The van der Waals surface area contributed by atoms with Gasteiger partial charge in [0, 0.05) is 12.4 Å². The number of likely N-dealkylation sites (N-methyl/N-ethyl adjacent to an activating group) is 1. The van der Waals surface area contributed by atoms with E-state index in [2.05, 4.69) is 5.32 Å². The Morgan fingerprint density at radius 3 is 2.50 bits per heavy atom. The molecule has 0 bridgehead atoms. The quantitative estimate of drug-likeness (QED) is 0.471. The number of carbonyl (C=O) groups is 1. The van der Waals surface area contributed by atoms with Crippen molar-refractivity contribution in [1.29, 1.82) is 0 Å². The highest BCUT2D eigenvalue weighted by molar-refractivity contribution is 7.91. The molecule has 0 aliphatic rings. The fourth-order valence-corrected chi connectivity index (χ4v) is 5.49. The van der Waals surface area contributed by atoms with Crippen LogP contribution in [0.1, 0.15) is 17.4 Å². The van der Waals surface area contributed by atoms with Gasteiger partial charge in [0.2, 0.25) is 5.91 Å². The lowest BCUT2D eigenvalue weighted by molar-refractivity contribution is -0.121. The van der Waals surface area contributed by atoms with Crippen molar-refractivity contribution in [2.24, 2.45) is 0 Å². The summed E-state index contributed by atoms with van der Waals surface area (Å²) in [6.45, 7) is -0.302. The zero-order chi connectivity index (χ0) is 21.1. The summed E-state index contributed by atoms with van der Waals surface area (Å²) in [6.07, 6.45) is 0. The van der Waals surface area contributed by atoms with Crippen LogP contribution in [-0.2, 0) is 14.8 Å². The summed E-state index contributed by atoms with van der Waals surface area (Å²) in [5, 5.41) is 5.54. The van der Waals surface area contributed by atoms with Crippen molar-refractivity contribution >= 4 is 38.2 Å². The number of para-hydroxylation sites is 1. The minimum Gasteiger partial charge on any atom is -0.459 e. The molecular weight excluding hydrogens is 420 g/mol. The monoisotopic (exact) mass is 440 g/mol. The van der Waals surface area contributed by atoms with Crippen molar-refractivity contribution in [3.8, 4) is 0 Å². The van der Waals surface area contributed by atoms with Crippen molar-refractivity contribution < 1.29 is 17.6 Å². The van der Waals surface area contributed by atoms with Gasteiger partial charge in [0.05, 0.1) is 6.54 Å². The van der Waals surface area contributed by atoms with Gasteiger partial charge in [-0.2, -0.15) is 4.31 Å². The molecule has 2 aromatic heterocycles. The predicted octanol–water partition coefficient (Wildman–Crippen LogP) is 4.02. The second-order valence-electron chi connectivity index (χ2n) is 6.79. The van der Waals surface area contributed by atoms with Gasteiger partial charge in [-0.3, -0.25) is 4.79 Å². The number of carbonyl (C=O) groups excluding carboxylic acids is 1. The highest BCUT2D eigenvalue weighted by atomic mass is 32.2. The first-order valence-corrected chi connectivity index (χ1v) is 11.6. The van der Waals surface area contributed by atoms with Gasteiger partial charge >= 0.3 is 0 Å². The Bertz CT molecular complexity index is 1220. The number of hydrogen-bond acceptors (Lipinski definition) is 5. The first-order valence-electron chi connectivity index (χ1n) is 9.28. The Hall–Kier alpha value is -2.94. The van der Waals surface area contributed by atoms with Gasteiger partial charge in [-0.15, -0.1) is 11.3 Å². The van der Waals surface area contributed by atoms with Crippen LogP contribution < -0.4 is 5.32 Å². The smallest absolute Gasteiger partial charge is 0.252 e. The molecule has 0 spiro atoms. The molecule has 1 amide bonds. The number of thiophene rings is 1. The molecule has 0 unspecified atom stereocenters. The van der Waals surface area contributed by atoms with E-state index in [1.165, 1.54) is 13.1 Å². The largest absolute Gasteiger partial charge is 0.459 e. The zero-order valence-corrected chi connectivity index (χ0v) is 17.8. The van der Waals surface area contributed by atoms with E-state index in [-0.39, 0.29) is 10.8 Å². The maximum Gasteiger partial charge on any atom is 0.252 e. The number of sulfonamides is 1. The van der Waals surface area contributed by atoms with Crippen LogP contribution in [0, 0.1) is 0 Å². The standard InChI is InChI=1S/C22H20N2O4S2/c1-24(30(26,27)21-12-7-13-29-21)15-20(25)23-22(16-8-3-2-4-9-16)19-14-17-10-5-6-11-18(17)28-19/h2-14,22H,15H2,1H3,(H,23,25)/t22-/m1/s1. The van der Waals surface area contributed by atoms with E-state index in [0.29, 0.717) is 5.76 Å². The zero-order valence-electron chi connectivity index (χ0n) is 16.2. The highest BCUT2D eigenvalue weighted by Gasteiger charge is 2.26. The third kappa shape index (κ3) is 4.16. The number of rotatable bonds is 7. The maximum absolute atomic E-state index is 12.8. The molecule has 154 valence electrons. The Labute approximate surface area is 178 Å². The number of fused-ring (bicyclic) bond motifs is 1. The predicted molar refractivity (Wildman–Crippen MR) is 117 cm³/mol. The molecule has 0 aliphatic carbocycles. The molecule has 0 saturated carbocycles. The Kier molecular flexibility index (Phi) is 5.72. The lowest BCUT2D eigenvalue weighted by atomic mass is 10.0. The third-order valence-electron chi connectivity index (χ3n) is 4.69. The molecule has 8 heteroatoms. The van der Waals surface area contributed by atoms with Gasteiger partial charge in [-0.05, 0) is 29.1 Å². The van der Waals surface area contributed by atoms with Crippen LogP contribution in [0.3, 0.4) is 0 Å². The Morgan fingerprint density at radius 1 is 1.07 bits per heavy atom. The SMILES string of the molecule is CN(CC(=O)N[C@H](c1ccccc1)c1cc2ccccc2o1)S(=O)(=O)c1cccs1. The van der Waals surface area contributed by atoms with E-state index in [1.807, 2.05) is 60.7 Å². The molecule has 0 fully saturated rings. The number of nitrogens with zero attached hydrogens (tertiary/aromatic N) is 1. The van der Waals surface area contributed by atoms with Gasteiger partial charge in [-0.25, -0.2) is 8.42 Å². The molecule has 6 nitrogen and oxygen atoms in total. The van der Waals surface area contributed by atoms with Gasteiger partial charge in [-0.1, -0.05) is 54.6 Å². The van der Waals surface area contributed by atoms with Gasteiger partial charge in [0.1, 0.15) is 21.6 Å². The lowest BCUT2D eigenvalue weighted by Gasteiger charge is -2.20. The maximum atomic E-state index is 12.8.